The van der Waals surface area contributed by atoms with Crippen molar-refractivity contribution >= 4 is 11.9 Å². The number of rotatable bonds is 9. The summed E-state index contributed by atoms with van der Waals surface area (Å²) in [5.74, 6) is -0.0846. The van der Waals surface area contributed by atoms with Crippen LogP contribution >= 0.6 is 0 Å². The predicted molar refractivity (Wildman–Crippen MR) is 93.6 cm³/mol. The molecule has 26 heavy (non-hydrogen) atoms. The van der Waals surface area contributed by atoms with Crippen LogP contribution in [0, 0.1) is 5.92 Å². The monoisotopic (exact) mass is 361 g/mol. The Morgan fingerprint density at radius 3 is 2.58 bits per heavy atom. The Hall–Kier alpha value is -2.90. The Kier molecular flexibility index (Phi) is 6.71. The van der Waals surface area contributed by atoms with E-state index in [1.54, 1.807) is 21.0 Å². The average Bonchev–Trinajstić information content (AvgIpc) is 3.09. The van der Waals surface area contributed by atoms with Crippen molar-refractivity contribution in [3.8, 4) is 17.1 Å². The molecule has 2 atom stereocenters. The van der Waals surface area contributed by atoms with Gasteiger partial charge in [0.1, 0.15) is 5.75 Å². The van der Waals surface area contributed by atoms with Gasteiger partial charge in [0.05, 0.1) is 13.0 Å². The maximum atomic E-state index is 11.9. The van der Waals surface area contributed by atoms with Crippen molar-refractivity contribution in [1.29, 1.82) is 0 Å². The first-order valence-corrected chi connectivity index (χ1v) is 8.40. The molecule has 0 spiro atoms. The zero-order valence-electron chi connectivity index (χ0n) is 15.1. The number of methoxy groups -OCH3 is 1. The van der Waals surface area contributed by atoms with Gasteiger partial charge in [-0.15, -0.1) is 0 Å². The van der Waals surface area contributed by atoms with Gasteiger partial charge in [-0.05, 0) is 44.5 Å². The fourth-order valence-electron chi connectivity index (χ4n) is 2.28. The number of carbonyl (C=O) groups is 2. The molecule has 0 radical (unpaired) electrons. The molecule has 1 aromatic carbocycles. The third-order valence-electron chi connectivity index (χ3n) is 4.14. The molecule has 0 saturated carbocycles. The highest BCUT2D eigenvalue weighted by Gasteiger charge is 2.20. The van der Waals surface area contributed by atoms with Gasteiger partial charge < -0.3 is 19.7 Å². The minimum atomic E-state index is -0.935. The number of aliphatic carboxylic acids is 1. The lowest BCUT2D eigenvalue weighted by Gasteiger charge is -2.17. The van der Waals surface area contributed by atoms with Crippen LogP contribution in [0.4, 0.5) is 0 Å². The minimum absolute atomic E-state index is 0.194. The Morgan fingerprint density at radius 2 is 1.96 bits per heavy atom. The van der Waals surface area contributed by atoms with Gasteiger partial charge in [-0.1, -0.05) is 5.16 Å². The first kappa shape index (κ1) is 19.4. The molecular weight excluding hydrogens is 338 g/mol. The lowest BCUT2D eigenvalue weighted by molar-refractivity contribution is -0.142. The summed E-state index contributed by atoms with van der Waals surface area (Å²) in [6.07, 6.45) is 1.26. The molecule has 2 rings (SSSR count). The molecule has 1 amide bonds. The van der Waals surface area contributed by atoms with Crippen LogP contribution in [-0.4, -0.2) is 40.3 Å². The van der Waals surface area contributed by atoms with E-state index in [0.717, 1.165) is 11.3 Å². The van der Waals surface area contributed by atoms with Crippen LogP contribution in [0.2, 0.25) is 0 Å². The second kappa shape index (κ2) is 8.98. The highest BCUT2D eigenvalue weighted by atomic mass is 16.5. The maximum Gasteiger partial charge on any atom is 0.308 e. The molecule has 0 aliphatic heterocycles. The van der Waals surface area contributed by atoms with Crippen LogP contribution in [0.5, 0.6) is 5.75 Å². The number of nitrogens with one attached hydrogen (secondary N) is 1. The molecule has 0 fully saturated rings. The zero-order valence-corrected chi connectivity index (χ0v) is 15.1. The van der Waals surface area contributed by atoms with E-state index in [1.807, 2.05) is 24.3 Å². The smallest absolute Gasteiger partial charge is 0.308 e. The summed E-state index contributed by atoms with van der Waals surface area (Å²) in [5.41, 5.74) is 0.815. The van der Waals surface area contributed by atoms with Crippen molar-refractivity contribution in [3.05, 3.63) is 30.2 Å². The van der Waals surface area contributed by atoms with Gasteiger partial charge in [0.2, 0.25) is 17.6 Å². The number of nitrogens with zero attached hydrogens (tertiary/aromatic N) is 2. The summed E-state index contributed by atoms with van der Waals surface area (Å²) in [4.78, 5) is 27.1. The van der Waals surface area contributed by atoms with E-state index in [-0.39, 0.29) is 12.3 Å². The van der Waals surface area contributed by atoms with E-state index in [9.17, 15) is 9.59 Å². The second-order valence-corrected chi connectivity index (χ2v) is 6.08. The summed E-state index contributed by atoms with van der Waals surface area (Å²) in [5, 5.41) is 15.6. The van der Waals surface area contributed by atoms with Gasteiger partial charge in [0.15, 0.2) is 0 Å². The lowest BCUT2D eigenvalue weighted by Crippen LogP contribution is -2.39. The summed E-state index contributed by atoms with van der Waals surface area (Å²) in [6, 6.07) is 6.88. The molecule has 0 bridgehead atoms. The first-order valence-electron chi connectivity index (χ1n) is 8.40. The van der Waals surface area contributed by atoms with E-state index in [2.05, 4.69) is 15.5 Å². The van der Waals surface area contributed by atoms with Crippen LogP contribution in [-0.2, 0) is 16.0 Å². The first-order chi connectivity index (χ1) is 12.4. The topological polar surface area (TPSA) is 115 Å². The highest BCUT2D eigenvalue weighted by Crippen LogP contribution is 2.20. The molecule has 2 N–H and O–H groups in total. The summed E-state index contributed by atoms with van der Waals surface area (Å²) < 4.78 is 10.3. The number of hydrogen-bond acceptors (Lipinski definition) is 6. The number of hydrogen-bond donors (Lipinski definition) is 2. The van der Waals surface area contributed by atoms with Gasteiger partial charge >= 0.3 is 5.97 Å². The molecule has 8 heteroatoms. The Balaban J connectivity index is 1.80. The van der Waals surface area contributed by atoms with E-state index >= 15 is 0 Å². The van der Waals surface area contributed by atoms with Gasteiger partial charge in [0, 0.05) is 24.4 Å². The van der Waals surface area contributed by atoms with Crippen molar-refractivity contribution in [2.24, 2.45) is 5.92 Å². The molecule has 2 aromatic rings. The SMILES string of the molecule is COc1ccc(-c2noc(CCCC(=O)NC(C)C(C)C(=O)O)n2)cc1. The average molecular weight is 361 g/mol. The summed E-state index contributed by atoms with van der Waals surface area (Å²) in [6.45, 7) is 3.24. The largest absolute Gasteiger partial charge is 0.497 e. The molecule has 1 aromatic heterocycles. The van der Waals surface area contributed by atoms with Crippen molar-refractivity contribution in [1.82, 2.24) is 15.5 Å². The maximum absolute atomic E-state index is 11.9. The van der Waals surface area contributed by atoms with Gasteiger partial charge in [-0.2, -0.15) is 4.98 Å². The molecule has 0 aliphatic rings. The number of ether oxygens (including phenoxy) is 1. The van der Waals surface area contributed by atoms with E-state index < -0.39 is 17.9 Å². The molecular formula is C18H23N3O5. The number of benzene rings is 1. The lowest BCUT2D eigenvalue weighted by atomic mass is 10.0. The van der Waals surface area contributed by atoms with Crippen LogP contribution in [0.15, 0.2) is 28.8 Å². The van der Waals surface area contributed by atoms with Crippen LogP contribution < -0.4 is 10.1 Å². The zero-order chi connectivity index (χ0) is 19.1. The Morgan fingerprint density at radius 1 is 1.27 bits per heavy atom. The fourth-order valence-corrected chi connectivity index (χ4v) is 2.28. The number of aromatic nitrogens is 2. The number of carboxylic acid groups (broad SMARTS) is 1. The number of carbonyl (C=O) groups excluding carboxylic acids is 1. The number of amides is 1. The number of aryl methyl sites for hydroxylation is 1. The summed E-state index contributed by atoms with van der Waals surface area (Å²) >= 11 is 0. The Bertz CT molecular complexity index is 742. The van der Waals surface area contributed by atoms with E-state index in [1.165, 1.54) is 0 Å². The fraction of sp³-hybridized carbons (Fsp3) is 0.444. The summed E-state index contributed by atoms with van der Waals surface area (Å²) in [7, 11) is 1.60. The highest BCUT2D eigenvalue weighted by molar-refractivity contribution is 5.77. The van der Waals surface area contributed by atoms with Crippen LogP contribution in [0.1, 0.15) is 32.6 Å². The normalized spacial score (nSPS) is 13.0. The minimum Gasteiger partial charge on any atom is -0.497 e. The van der Waals surface area contributed by atoms with E-state index in [0.29, 0.717) is 24.6 Å². The van der Waals surface area contributed by atoms with Crippen LogP contribution in [0.3, 0.4) is 0 Å². The standard InChI is InChI=1S/C18H23N3O5/c1-11(18(23)24)12(2)19-15(22)5-4-6-16-20-17(21-26-16)13-7-9-14(25-3)10-8-13/h7-12H,4-6H2,1-3H3,(H,19,22)(H,23,24). The third-order valence-corrected chi connectivity index (χ3v) is 4.14. The number of carboxylic acids is 1. The van der Waals surface area contributed by atoms with Crippen molar-refractivity contribution in [3.63, 3.8) is 0 Å². The van der Waals surface area contributed by atoms with Crippen molar-refractivity contribution in [2.75, 3.05) is 7.11 Å². The molecule has 140 valence electrons. The van der Waals surface area contributed by atoms with Gasteiger partial charge in [0.25, 0.3) is 0 Å². The van der Waals surface area contributed by atoms with Crippen molar-refractivity contribution in [2.45, 2.75) is 39.2 Å². The molecule has 0 aliphatic carbocycles. The van der Waals surface area contributed by atoms with E-state index in [4.69, 9.17) is 14.4 Å². The molecule has 8 nitrogen and oxygen atoms in total. The quantitative estimate of drug-likeness (QED) is 0.704. The third kappa shape index (κ3) is 5.30. The molecule has 0 saturated heterocycles. The predicted octanol–water partition coefficient (Wildman–Crippen LogP) is 2.29. The molecule has 2 unspecified atom stereocenters. The van der Waals surface area contributed by atoms with Crippen LogP contribution in [0.25, 0.3) is 11.4 Å². The van der Waals surface area contributed by atoms with Gasteiger partial charge in [-0.3, -0.25) is 9.59 Å². The van der Waals surface area contributed by atoms with Crippen molar-refractivity contribution < 1.29 is 24.0 Å². The molecule has 1 heterocycles. The Labute approximate surface area is 151 Å². The van der Waals surface area contributed by atoms with Gasteiger partial charge in [-0.25, -0.2) is 0 Å². The second-order valence-electron chi connectivity index (χ2n) is 6.08.